The number of methoxy groups -OCH3 is 1. The molecular weight excluding hydrogens is 188 g/mol. The number of likely N-dealkylation sites (tertiary alicyclic amines) is 1. The summed E-state index contributed by atoms with van der Waals surface area (Å²) in [6.07, 6.45) is 5.25. The predicted molar refractivity (Wildman–Crippen MR) is 62.1 cm³/mol. The Morgan fingerprint density at radius 2 is 2.27 bits per heavy atom. The van der Waals surface area contributed by atoms with Gasteiger partial charge in [0.25, 0.3) is 0 Å². The summed E-state index contributed by atoms with van der Waals surface area (Å²) in [6.45, 7) is 6.88. The summed E-state index contributed by atoms with van der Waals surface area (Å²) in [4.78, 5) is 2.53. The summed E-state index contributed by atoms with van der Waals surface area (Å²) >= 11 is 0. The lowest BCUT2D eigenvalue weighted by Crippen LogP contribution is -2.49. The summed E-state index contributed by atoms with van der Waals surface area (Å²) < 4.78 is 5.59. The highest BCUT2D eigenvalue weighted by Gasteiger charge is 2.30. The van der Waals surface area contributed by atoms with Crippen LogP contribution in [0.4, 0.5) is 0 Å². The molecule has 0 aromatic rings. The molecule has 0 amide bonds. The van der Waals surface area contributed by atoms with Crippen molar-refractivity contribution in [1.29, 1.82) is 0 Å². The van der Waals surface area contributed by atoms with Gasteiger partial charge in [0.05, 0.1) is 5.60 Å². The standard InChI is InChI=1S/C12H24N2O/c1-12(15-2)6-3-8-14(10-12)9-7-13-11-4-5-11/h11,13H,3-10H2,1-2H3. The van der Waals surface area contributed by atoms with E-state index < -0.39 is 0 Å². The molecule has 0 aromatic carbocycles. The van der Waals surface area contributed by atoms with Crippen LogP contribution in [0.25, 0.3) is 0 Å². The van der Waals surface area contributed by atoms with Crippen LogP contribution >= 0.6 is 0 Å². The van der Waals surface area contributed by atoms with Crippen LogP contribution in [-0.2, 0) is 4.74 Å². The quantitative estimate of drug-likeness (QED) is 0.742. The van der Waals surface area contributed by atoms with Gasteiger partial charge in [-0.2, -0.15) is 0 Å². The van der Waals surface area contributed by atoms with Crippen molar-refractivity contribution in [2.24, 2.45) is 0 Å². The number of piperidine rings is 1. The topological polar surface area (TPSA) is 24.5 Å². The van der Waals surface area contributed by atoms with Crippen LogP contribution in [0.2, 0.25) is 0 Å². The molecule has 15 heavy (non-hydrogen) atoms. The van der Waals surface area contributed by atoms with E-state index >= 15 is 0 Å². The Hall–Kier alpha value is -0.120. The number of nitrogens with zero attached hydrogens (tertiary/aromatic N) is 1. The molecule has 3 heteroatoms. The van der Waals surface area contributed by atoms with Gasteiger partial charge in [-0.15, -0.1) is 0 Å². The van der Waals surface area contributed by atoms with Crippen LogP contribution in [0.3, 0.4) is 0 Å². The van der Waals surface area contributed by atoms with E-state index in [0.29, 0.717) is 0 Å². The first-order valence-electron chi connectivity index (χ1n) is 6.23. The molecule has 3 nitrogen and oxygen atoms in total. The molecule has 1 unspecified atom stereocenters. The maximum Gasteiger partial charge on any atom is 0.0777 e. The minimum absolute atomic E-state index is 0.0951. The Labute approximate surface area is 93.2 Å². The highest BCUT2D eigenvalue weighted by Crippen LogP contribution is 2.23. The minimum Gasteiger partial charge on any atom is -0.377 e. The molecule has 1 saturated heterocycles. The third-order valence-electron chi connectivity index (χ3n) is 3.67. The number of hydrogen-bond donors (Lipinski definition) is 1. The molecule has 1 saturated carbocycles. The van der Waals surface area contributed by atoms with Gasteiger partial charge in [-0.3, -0.25) is 4.90 Å². The van der Waals surface area contributed by atoms with E-state index in [-0.39, 0.29) is 5.60 Å². The zero-order valence-electron chi connectivity index (χ0n) is 10.1. The lowest BCUT2D eigenvalue weighted by Gasteiger charge is -2.39. The van der Waals surface area contributed by atoms with E-state index in [1.807, 2.05) is 7.11 Å². The maximum atomic E-state index is 5.59. The Morgan fingerprint density at radius 1 is 1.47 bits per heavy atom. The molecule has 2 rings (SSSR count). The van der Waals surface area contributed by atoms with Gasteiger partial charge < -0.3 is 10.1 Å². The number of hydrogen-bond acceptors (Lipinski definition) is 3. The van der Waals surface area contributed by atoms with E-state index in [1.165, 1.54) is 38.8 Å². The zero-order chi connectivity index (χ0) is 10.7. The van der Waals surface area contributed by atoms with Gasteiger partial charge in [0.2, 0.25) is 0 Å². The second-order valence-electron chi connectivity index (χ2n) is 5.26. The van der Waals surface area contributed by atoms with Gasteiger partial charge >= 0.3 is 0 Å². The first-order chi connectivity index (χ1) is 7.22. The fraction of sp³-hybridized carbons (Fsp3) is 1.00. The molecule has 2 fully saturated rings. The first-order valence-corrected chi connectivity index (χ1v) is 6.23. The van der Waals surface area contributed by atoms with E-state index in [0.717, 1.165) is 19.1 Å². The first kappa shape index (κ1) is 11.4. The molecule has 0 bridgehead atoms. The SMILES string of the molecule is COC1(C)CCCN(CCNC2CC2)C1. The Morgan fingerprint density at radius 3 is 2.93 bits per heavy atom. The van der Waals surface area contributed by atoms with Crippen LogP contribution < -0.4 is 5.32 Å². The molecule has 88 valence electrons. The van der Waals surface area contributed by atoms with Crippen molar-refractivity contribution < 1.29 is 4.74 Å². The molecular formula is C12H24N2O. The lowest BCUT2D eigenvalue weighted by molar-refractivity contribution is -0.0502. The van der Waals surface area contributed by atoms with Crippen LogP contribution in [0.1, 0.15) is 32.6 Å². The maximum absolute atomic E-state index is 5.59. The highest BCUT2D eigenvalue weighted by atomic mass is 16.5. The average Bonchev–Trinajstić information content (AvgIpc) is 3.02. The van der Waals surface area contributed by atoms with Gasteiger partial charge in [-0.05, 0) is 39.2 Å². The summed E-state index contributed by atoms with van der Waals surface area (Å²) in [5, 5.41) is 3.57. The van der Waals surface area contributed by atoms with E-state index in [1.54, 1.807) is 0 Å². The predicted octanol–water partition coefficient (Wildman–Crippen LogP) is 1.24. The van der Waals surface area contributed by atoms with Crippen LogP contribution in [0, 0.1) is 0 Å². The van der Waals surface area contributed by atoms with E-state index in [9.17, 15) is 0 Å². The molecule has 0 aromatic heterocycles. The number of nitrogens with one attached hydrogen (secondary N) is 1. The van der Waals surface area contributed by atoms with Gasteiger partial charge in [0.1, 0.15) is 0 Å². The van der Waals surface area contributed by atoms with Crippen molar-refractivity contribution in [2.75, 3.05) is 33.3 Å². The van der Waals surface area contributed by atoms with Gasteiger partial charge in [-0.25, -0.2) is 0 Å². The summed E-state index contributed by atoms with van der Waals surface area (Å²) in [5.74, 6) is 0. The molecule has 0 radical (unpaired) electrons. The third kappa shape index (κ3) is 3.44. The molecule has 1 atom stereocenters. The fourth-order valence-corrected chi connectivity index (χ4v) is 2.38. The molecule has 2 aliphatic rings. The molecule has 1 aliphatic heterocycles. The van der Waals surface area contributed by atoms with Crippen LogP contribution in [0.5, 0.6) is 0 Å². The number of ether oxygens (including phenoxy) is 1. The van der Waals surface area contributed by atoms with Crippen molar-refractivity contribution in [3.8, 4) is 0 Å². The second kappa shape index (κ2) is 4.81. The van der Waals surface area contributed by atoms with E-state index in [2.05, 4.69) is 17.1 Å². The molecule has 1 aliphatic carbocycles. The fourth-order valence-electron chi connectivity index (χ4n) is 2.38. The van der Waals surface area contributed by atoms with Crippen LogP contribution in [0.15, 0.2) is 0 Å². The summed E-state index contributed by atoms with van der Waals surface area (Å²) in [5.41, 5.74) is 0.0951. The molecule has 0 spiro atoms. The Bertz CT molecular complexity index is 206. The normalized spacial score (nSPS) is 33.2. The zero-order valence-corrected chi connectivity index (χ0v) is 10.1. The van der Waals surface area contributed by atoms with E-state index in [4.69, 9.17) is 4.74 Å². The highest BCUT2D eigenvalue weighted by molar-refractivity contribution is 4.86. The van der Waals surface area contributed by atoms with Crippen molar-refractivity contribution in [3.63, 3.8) is 0 Å². The van der Waals surface area contributed by atoms with Gasteiger partial charge in [0.15, 0.2) is 0 Å². The van der Waals surface area contributed by atoms with Crippen molar-refractivity contribution in [1.82, 2.24) is 10.2 Å². The molecule has 1 heterocycles. The number of rotatable bonds is 5. The third-order valence-corrected chi connectivity index (χ3v) is 3.67. The molecule has 1 N–H and O–H groups in total. The Kier molecular flexibility index (Phi) is 3.65. The van der Waals surface area contributed by atoms with Crippen LogP contribution in [-0.4, -0.2) is 49.8 Å². The second-order valence-corrected chi connectivity index (χ2v) is 5.26. The summed E-state index contributed by atoms with van der Waals surface area (Å²) in [6, 6.07) is 0.837. The average molecular weight is 212 g/mol. The van der Waals surface area contributed by atoms with Gasteiger partial charge in [-0.1, -0.05) is 0 Å². The largest absolute Gasteiger partial charge is 0.377 e. The Balaban J connectivity index is 1.67. The summed E-state index contributed by atoms with van der Waals surface area (Å²) in [7, 11) is 1.84. The monoisotopic (exact) mass is 212 g/mol. The van der Waals surface area contributed by atoms with Crippen molar-refractivity contribution in [2.45, 2.75) is 44.2 Å². The van der Waals surface area contributed by atoms with Crippen molar-refractivity contribution in [3.05, 3.63) is 0 Å². The van der Waals surface area contributed by atoms with Gasteiger partial charge in [0, 0.05) is 32.8 Å². The van der Waals surface area contributed by atoms with Crippen molar-refractivity contribution >= 4 is 0 Å². The smallest absolute Gasteiger partial charge is 0.0777 e. The lowest BCUT2D eigenvalue weighted by atomic mass is 9.95. The minimum atomic E-state index is 0.0951.